The first-order valence-corrected chi connectivity index (χ1v) is 16.3. The minimum Gasteiger partial charge on any atom is -0.493 e. The molecular weight excluding hydrogens is 634 g/mol. The van der Waals surface area contributed by atoms with Gasteiger partial charge in [-0.1, -0.05) is 13.0 Å². The van der Waals surface area contributed by atoms with Crippen molar-refractivity contribution in [3.8, 4) is 27.3 Å². The van der Waals surface area contributed by atoms with Gasteiger partial charge in [-0.3, -0.25) is 9.59 Å². The highest BCUT2D eigenvalue weighted by Gasteiger charge is 2.27. The number of methoxy groups -OCH3 is 1. The van der Waals surface area contributed by atoms with Crippen LogP contribution in [0.25, 0.3) is 21.6 Å². The first-order valence-electron chi connectivity index (χ1n) is 15.5. The van der Waals surface area contributed by atoms with Gasteiger partial charge >= 0.3 is 12.1 Å². The number of carbonyl (C=O) groups excluding carboxylic acids is 4. The second kappa shape index (κ2) is 14.6. The maximum absolute atomic E-state index is 14.0. The Morgan fingerprint density at radius 2 is 1.79 bits per heavy atom. The van der Waals surface area contributed by atoms with Crippen LogP contribution < -0.4 is 20.7 Å². The Bertz CT molecular complexity index is 1850. The number of amides is 3. The number of nitrogens with one attached hydrogen (secondary N) is 3. The van der Waals surface area contributed by atoms with Gasteiger partial charge < -0.3 is 30.2 Å². The van der Waals surface area contributed by atoms with Crippen molar-refractivity contribution in [1.29, 1.82) is 0 Å². The SMILES string of the molecule is CCCNC(=O)c1ccc(-c2cc3c(cc2C(=O)Nc2ccc(CNC(=O)OC(C)(C)C)cn2)-c2sccc2CCO3)c(C(=O)OC)n1. The lowest BCUT2D eigenvalue weighted by Crippen LogP contribution is -2.32. The van der Waals surface area contributed by atoms with Crippen molar-refractivity contribution in [2.24, 2.45) is 0 Å². The van der Waals surface area contributed by atoms with E-state index in [2.05, 4.69) is 25.9 Å². The summed E-state index contributed by atoms with van der Waals surface area (Å²) >= 11 is 1.55. The van der Waals surface area contributed by atoms with E-state index in [1.165, 1.54) is 19.4 Å². The number of nitrogens with zero attached hydrogens (tertiary/aromatic N) is 2. The molecule has 0 aliphatic carbocycles. The summed E-state index contributed by atoms with van der Waals surface area (Å²) in [5, 5.41) is 10.3. The average molecular weight is 672 g/mol. The number of alkyl carbamates (subject to hydrolysis) is 1. The fourth-order valence-corrected chi connectivity index (χ4v) is 5.96. The van der Waals surface area contributed by atoms with E-state index in [0.29, 0.717) is 36.4 Å². The third-order valence-electron chi connectivity index (χ3n) is 7.22. The van der Waals surface area contributed by atoms with Crippen LogP contribution in [0.3, 0.4) is 0 Å². The molecule has 0 spiro atoms. The molecule has 4 aromatic rings. The zero-order valence-electron chi connectivity index (χ0n) is 27.4. The Morgan fingerprint density at radius 3 is 2.50 bits per heavy atom. The molecule has 3 N–H and O–H groups in total. The Labute approximate surface area is 282 Å². The van der Waals surface area contributed by atoms with E-state index in [-0.39, 0.29) is 34.9 Å². The minimum absolute atomic E-state index is 0.0401. The van der Waals surface area contributed by atoms with Gasteiger partial charge in [-0.05, 0) is 80.1 Å². The number of thiophene rings is 1. The van der Waals surface area contributed by atoms with Crippen LogP contribution in [0.5, 0.6) is 5.75 Å². The highest BCUT2D eigenvalue weighted by atomic mass is 32.1. The molecule has 48 heavy (non-hydrogen) atoms. The molecule has 0 radical (unpaired) electrons. The molecule has 3 amide bonds. The topological polar surface area (TPSA) is 158 Å². The predicted molar refractivity (Wildman–Crippen MR) is 181 cm³/mol. The average Bonchev–Trinajstić information content (AvgIpc) is 3.46. The van der Waals surface area contributed by atoms with Crippen molar-refractivity contribution in [2.45, 2.75) is 52.7 Å². The summed E-state index contributed by atoms with van der Waals surface area (Å²) in [6.45, 7) is 8.33. The number of carbonyl (C=O) groups is 4. The summed E-state index contributed by atoms with van der Waals surface area (Å²) in [4.78, 5) is 61.6. The molecule has 250 valence electrons. The molecule has 0 unspecified atom stereocenters. The molecule has 1 aliphatic rings. The predicted octanol–water partition coefficient (Wildman–Crippen LogP) is 6.01. The number of benzene rings is 1. The van der Waals surface area contributed by atoms with Crippen LogP contribution in [0.4, 0.5) is 10.6 Å². The van der Waals surface area contributed by atoms with E-state index in [1.807, 2.05) is 18.4 Å². The molecule has 12 nitrogen and oxygen atoms in total. The number of hydrogen-bond acceptors (Lipinski definition) is 10. The second-order valence-corrected chi connectivity index (χ2v) is 12.9. The van der Waals surface area contributed by atoms with Crippen LogP contribution in [-0.4, -0.2) is 59.7 Å². The molecule has 0 fully saturated rings. The number of hydrogen-bond donors (Lipinski definition) is 3. The van der Waals surface area contributed by atoms with Crippen LogP contribution in [0.15, 0.2) is 54.0 Å². The molecular formula is C35H37N5O7S. The normalized spacial score (nSPS) is 12.0. The summed E-state index contributed by atoms with van der Waals surface area (Å²) in [5.74, 6) is -0.886. The maximum atomic E-state index is 14.0. The lowest BCUT2D eigenvalue weighted by Gasteiger charge is -2.19. The lowest BCUT2D eigenvalue weighted by molar-refractivity contribution is 0.0522. The van der Waals surface area contributed by atoms with Gasteiger partial charge in [0.2, 0.25) is 0 Å². The second-order valence-electron chi connectivity index (χ2n) is 12.0. The van der Waals surface area contributed by atoms with Crippen molar-refractivity contribution in [2.75, 3.05) is 25.6 Å². The molecule has 0 bridgehead atoms. The quantitative estimate of drug-likeness (QED) is 0.181. The van der Waals surface area contributed by atoms with Gasteiger partial charge in [0.15, 0.2) is 5.69 Å². The van der Waals surface area contributed by atoms with Crippen molar-refractivity contribution in [3.05, 3.63) is 82.1 Å². The van der Waals surface area contributed by atoms with Gasteiger partial charge in [0.05, 0.1) is 13.7 Å². The Balaban J connectivity index is 1.51. The number of ether oxygens (including phenoxy) is 3. The number of esters is 1. The van der Waals surface area contributed by atoms with Crippen molar-refractivity contribution >= 4 is 41.0 Å². The number of rotatable bonds is 9. The summed E-state index contributed by atoms with van der Waals surface area (Å²) in [6, 6.07) is 11.9. The van der Waals surface area contributed by atoms with Crippen LogP contribution in [-0.2, 0) is 22.4 Å². The van der Waals surface area contributed by atoms with Gasteiger partial charge in [-0.2, -0.15) is 0 Å². The first-order chi connectivity index (χ1) is 23.0. The van der Waals surface area contributed by atoms with Crippen LogP contribution in [0.2, 0.25) is 0 Å². The molecule has 0 saturated carbocycles. The highest BCUT2D eigenvalue weighted by molar-refractivity contribution is 7.13. The van der Waals surface area contributed by atoms with Crippen LogP contribution in [0.1, 0.15) is 76.6 Å². The van der Waals surface area contributed by atoms with E-state index in [4.69, 9.17) is 14.2 Å². The summed E-state index contributed by atoms with van der Waals surface area (Å²) in [6.07, 6.45) is 2.41. The lowest BCUT2D eigenvalue weighted by atomic mass is 9.93. The van der Waals surface area contributed by atoms with E-state index >= 15 is 0 Å². The fraction of sp³-hybridized carbons (Fsp3) is 0.314. The smallest absolute Gasteiger partial charge is 0.407 e. The van der Waals surface area contributed by atoms with E-state index in [1.54, 1.807) is 62.4 Å². The third-order valence-corrected chi connectivity index (χ3v) is 8.21. The molecule has 0 atom stereocenters. The Kier molecular flexibility index (Phi) is 10.4. The summed E-state index contributed by atoms with van der Waals surface area (Å²) in [7, 11) is 1.22. The molecule has 1 aliphatic heterocycles. The zero-order chi connectivity index (χ0) is 34.4. The first kappa shape index (κ1) is 34.0. The molecule has 3 aromatic heterocycles. The Hall–Kier alpha value is -5.30. The van der Waals surface area contributed by atoms with Crippen LogP contribution >= 0.6 is 11.3 Å². The maximum Gasteiger partial charge on any atom is 0.407 e. The van der Waals surface area contributed by atoms with Crippen LogP contribution in [0, 0.1) is 0 Å². The van der Waals surface area contributed by atoms with E-state index in [0.717, 1.165) is 22.4 Å². The van der Waals surface area contributed by atoms with Gasteiger partial charge in [0, 0.05) is 52.8 Å². The summed E-state index contributed by atoms with van der Waals surface area (Å²) < 4.78 is 16.5. The van der Waals surface area contributed by atoms with E-state index < -0.39 is 29.5 Å². The molecule has 4 heterocycles. The van der Waals surface area contributed by atoms with Gasteiger partial charge in [-0.25, -0.2) is 19.6 Å². The third kappa shape index (κ3) is 7.97. The highest BCUT2D eigenvalue weighted by Crippen LogP contribution is 2.43. The van der Waals surface area contributed by atoms with E-state index in [9.17, 15) is 19.2 Å². The van der Waals surface area contributed by atoms with Crippen molar-refractivity contribution in [1.82, 2.24) is 20.6 Å². The Morgan fingerprint density at radius 1 is 0.979 bits per heavy atom. The van der Waals surface area contributed by atoms with Gasteiger partial charge in [0.1, 0.15) is 22.9 Å². The summed E-state index contributed by atoms with van der Waals surface area (Å²) in [5.41, 5.74) is 2.71. The molecule has 1 aromatic carbocycles. The molecule has 5 rings (SSSR count). The fourth-order valence-electron chi connectivity index (χ4n) is 4.99. The number of aromatic nitrogens is 2. The molecule has 0 saturated heterocycles. The number of anilines is 1. The molecule has 13 heteroatoms. The minimum atomic E-state index is -0.768. The van der Waals surface area contributed by atoms with Crippen molar-refractivity contribution in [3.63, 3.8) is 0 Å². The monoisotopic (exact) mass is 671 g/mol. The number of fused-ring (bicyclic) bond motifs is 3. The largest absolute Gasteiger partial charge is 0.493 e. The zero-order valence-corrected chi connectivity index (χ0v) is 28.2. The number of pyridine rings is 2. The van der Waals surface area contributed by atoms with Crippen molar-refractivity contribution < 1.29 is 33.4 Å². The van der Waals surface area contributed by atoms with Gasteiger partial charge in [0.25, 0.3) is 11.8 Å². The van der Waals surface area contributed by atoms with Gasteiger partial charge in [-0.15, -0.1) is 11.3 Å². The standard InChI is InChI=1S/C35H37N5O7S/c1-6-13-36-32(42)26-9-8-22(29(39-26)33(43)45-5)23-17-27-25(30-21(11-14-46-27)12-15-48-30)16-24(23)31(41)40-28-10-7-20(18-37-28)19-38-34(44)47-35(2,3)4/h7-10,12,15-18H,6,11,13-14,19H2,1-5H3,(H,36,42)(H,38,44)(H,37,40,41).